The van der Waals surface area contributed by atoms with E-state index in [9.17, 15) is 21.6 Å². The molecule has 1 unspecified atom stereocenters. The van der Waals surface area contributed by atoms with Gasteiger partial charge >= 0.3 is 0 Å². The summed E-state index contributed by atoms with van der Waals surface area (Å²) in [5.74, 6) is -0.307. The third kappa shape index (κ3) is 6.25. The molecule has 0 saturated carbocycles. The Morgan fingerprint density at radius 3 is 2.33 bits per heavy atom. The fourth-order valence-corrected chi connectivity index (χ4v) is 6.93. The van der Waals surface area contributed by atoms with Crippen molar-refractivity contribution in [3.05, 3.63) is 109 Å². The standard InChI is InChI=1S/C30H31N5O5S2/c1-41(37,38)35(19-18-31)24-13-10-22(11-14-24)33-30(16-6-3-7-17-30)21-27-26-20-23(12-15-28(26)32-29(27)36)34-42(39,40)25-8-4-2-5-9-25/h2-16,20-21,33-34H,17-19,31H2,1H3,(H,32,36). The van der Waals surface area contributed by atoms with E-state index in [-0.39, 0.29) is 23.9 Å². The van der Waals surface area contributed by atoms with Gasteiger partial charge in [0, 0.05) is 41.3 Å². The molecule has 0 bridgehead atoms. The topological polar surface area (TPSA) is 151 Å². The first kappa shape index (κ1) is 29.1. The molecule has 0 radical (unpaired) electrons. The predicted octanol–water partition coefficient (Wildman–Crippen LogP) is 3.91. The van der Waals surface area contributed by atoms with Crippen LogP contribution in [0.15, 0.2) is 108 Å². The monoisotopic (exact) mass is 605 g/mol. The highest BCUT2D eigenvalue weighted by atomic mass is 32.2. The number of rotatable bonds is 10. The fraction of sp³-hybridized carbons (Fsp3) is 0.167. The third-order valence-corrected chi connectivity index (χ3v) is 9.46. The Bertz CT molecular complexity index is 1800. The summed E-state index contributed by atoms with van der Waals surface area (Å²) in [6.45, 7) is 0.340. The van der Waals surface area contributed by atoms with E-state index in [2.05, 4.69) is 15.4 Å². The van der Waals surface area contributed by atoms with Crippen LogP contribution >= 0.6 is 0 Å². The molecular weight excluding hydrogens is 574 g/mol. The van der Waals surface area contributed by atoms with Gasteiger partial charge in [0.25, 0.3) is 15.9 Å². The minimum Gasteiger partial charge on any atom is -0.372 e. The van der Waals surface area contributed by atoms with Crippen molar-refractivity contribution >= 4 is 54.3 Å². The second-order valence-electron chi connectivity index (χ2n) is 10.0. The van der Waals surface area contributed by atoms with Gasteiger partial charge in [-0.05, 0) is 67.1 Å². The molecule has 1 amide bonds. The molecule has 218 valence electrons. The number of fused-ring (bicyclic) bond motifs is 1. The van der Waals surface area contributed by atoms with E-state index in [1.807, 2.05) is 30.4 Å². The summed E-state index contributed by atoms with van der Waals surface area (Å²) < 4.78 is 54.1. The van der Waals surface area contributed by atoms with Crippen LogP contribution in [0.2, 0.25) is 0 Å². The highest BCUT2D eigenvalue weighted by molar-refractivity contribution is 7.92. The van der Waals surface area contributed by atoms with Gasteiger partial charge in [-0.2, -0.15) is 0 Å². The van der Waals surface area contributed by atoms with Gasteiger partial charge in [-0.1, -0.05) is 42.5 Å². The van der Waals surface area contributed by atoms with E-state index >= 15 is 0 Å². The van der Waals surface area contributed by atoms with Crippen molar-refractivity contribution in [1.82, 2.24) is 0 Å². The Balaban J connectivity index is 1.46. The number of benzene rings is 3. The number of amides is 1. The summed E-state index contributed by atoms with van der Waals surface area (Å²) in [4.78, 5) is 13.3. The zero-order valence-corrected chi connectivity index (χ0v) is 24.5. The Labute approximate surface area is 245 Å². The van der Waals surface area contributed by atoms with Crippen LogP contribution in [0.5, 0.6) is 0 Å². The van der Waals surface area contributed by atoms with E-state index < -0.39 is 25.6 Å². The summed E-state index contributed by atoms with van der Waals surface area (Å²) in [6.07, 6.45) is 11.2. The smallest absolute Gasteiger partial charge is 0.261 e. The number of carbonyl (C=O) groups excluding carboxylic acids is 1. The molecule has 1 heterocycles. The maximum Gasteiger partial charge on any atom is 0.261 e. The SMILES string of the molecule is CS(=O)(=O)N(CCN)c1ccc(NC2(C=C3C(=O)Nc4ccc(NS(=O)(=O)c5ccccc5)cc43)C=CC=CC2)cc1. The lowest BCUT2D eigenvalue weighted by molar-refractivity contribution is -0.110. The van der Waals surface area contributed by atoms with Gasteiger partial charge < -0.3 is 16.4 Å². The van der Waals surface area contributed by atoms with Crippen LogP contribution in [0.1, 0.15) is 12.0 Å². The fourth-order valence-electron chi connectivity index (χ4n) is 4.92. The minimum absolute atomic E-state index is 0.131. The summed E-state index contributed by atoms with van der Waals surface area (Å²) in [5, 5.41) is 6.34. The normalized spacial score (nSPS) is 18.9. The number of sulfonamides is 2. The van der Waals surface area contributed by atoms with E-state index in [0.717, 1.165) is 6.26 Å². The van der Waals surface area contributed by atoms with Crippen molar-refractivity contribution < 1.29 is 21.6 Å². The largest absolute Gasteiger partial charge is 0.372 e. The summed E-state index contributed by atoms with van der Waals surface area (Å²) >= 11 is 0. The van der Waals surface area contributed by atoms with Crippen molar-refractivity contribution in [3.63, 3.8) is 0 Å². The molecular formula is C30H31N5O5S2. The van der Waals surface area contributed by atoms with Gasteiger partial charge in [-0.3, -0.25) is 13.8 Å². The first-order valence-electron chi connectivity index (χ1n) is 13.2. The highest BCUT2D eigenvalue weighted by Gasteiger charge is 2.32. The van der Waals surface area contributed by atoms with Gasteiger partial charge in [0.2, 0.25) is 10.0 Å². The van der Waals surface area contributed by atoms with Gasteiger partial charge in [-0.25, -0.2) is 16.8 Å². The molecule has 0 spiro atoms. The van der Waals surface area contributed by atoms with Crippen LogP contribution in [0.4, 0.5) is 22.7 Å². The van der Waals surface area contributed by atoms with Crippen LogP contribution in [0.25, 0.3) is 5.57 Å². The second kappa shape index (κ2) is 11.5. The van der Waals surface area contributed by atoms with Gasteiger partial charge in [0.15, 0.2) is 0 Å². The van der Waals surface area contributed by atoms with Crippen molar-refractivity contribution in [2.45, 2.75) is 16.9 Å². The molecule has 2 aliphatic rings. The van der Waals surface area contributed by atoms with E-state index in [1.54, 1.807) is 60.7 Å². The van der Waals surface area contributed by atoms with Crippen LogP contribution in [-0.4, -0.2) is 47.6 Å². The summed E-state index contributed by atoms with van der Waals surface area (Å²) in [7, 11) is -7.32. The lowest BCUT2D eigenvalue weighted by Crippen LogP contribution is -2.35. The third-order valence-electron chi connectivity index (χ3n) is 6.87. The minimum atomic E-state index is -3.82. The Morgan fingerprint density at radius 1 is 0.976 bits per heavy atom. The van der Waals surface area contributed by atoms with Crippen LogP contribution in [0, 0.1) is 0 Å². The molecule has 1 aliphatic heterocycles. The number of nitrogens with two attached hydrogens (primary N) is 1. The van der Waals surface area contributed by atoms with Crippen molar-refractivity contribution in [1.29, 1.82) is 0 Å². The number of nitrogens with one attached hydrogen (secondary N) is 3. The average Bonchev–Trinajstić information content (AvgIpc) is 3.26. The summed E-state index contributed by atoms with van der Waals surface area (Å²) in [6, 6.07) is 19.9. The number of anilines is 4. The number of carbonyl (C=O) groups is 1. The van der Waals surface area contributed by atoms with Crippen LogP contribution < -0.4 is 25.4 Å². The highest BCUT2D eigenvalue weighted by Crippen LogP contribution is 2.38. The maximum absolute atomic E-state index is 13.1. The molecule has 3 aromatic rings. The molecule has 12 heteroatoms. The molecule has 42 heavy (non-hydrogen) atoms. The van der Waals surface area contributed by atoms with Gasteiger partial charge in [-0.15, -0.1) is 0 Å². The summed E-state index contributed by atoms with van der Waals surface area (Å²) in [5.41, 5.74) is 7.88. The Hall–Kier alpha value is -4.39. The average molecular weight is 606 g/mol. The van der Waals surface area contributed by atoms with E-state index in [1.165, 1.54) is 16.4 Å². The molecule has 1 atom stereocenters. The van der Waals surface area contributed by atoms with Gasteiger partial charge in [0.05, 0.1) is 22.4 Å². The number of hydrogen-bond donors (Lipinski definition) is 4. The maximum atomic E-state index is 13.1. The second-order valence-corrected chi connectivity index (χ2v) is 13.6. The molecule has 0 saturated heterocycles. The predicted molar refractivity (Wildman–Crippen MR) is 167 cm³/mol. The Morgan fingerprint density at radius 2 is 1.69 bits per heavy atom. The quantitative estimate of drug-likeness (QED) is 0.256. The van der Waals surface area contributed by atoms with Crippen LogP contribution in [0.3, 0.4) is 0 Å². The van der Waals surface area contributed by atoms with E-state index in [0.29, 0.717) is 40.3 Å². The first-order chi connectivity index (χ1) is 20.0. The van der Waals surface area contributed by atoms with Crippen molar-refractivity contribution in [3.8, 4) is 0 Å². The first-order valence-corrected chi connectivity index (χ1v) is 16.5. The molecule has 10 nitrogen and oxygen atoms in total. The molecule has 3 aromatic carbocycles. The number of nitrogens with zero attached hydrogens (tertiary/aromatic N) is 1. The van der Waals surface area contributed by atoms with Crippen molar-refractivity contribution in [2.24, 2.45) is 5.73 Å². The molecule has 5 rings (SSSR count). The van der Waals surface area contributed by atoms with Crippen LogP contribution in [-0.2, 0) is 24.8 Å². The molecule has 1 aliphatic carbocycles. The lowest BCUT2D eigenvalue weighted by atomic mass is 9.87. The lowest BCUT2D eigenvalue weighted by Gasteiger charge is -2.31. The van der Waals surface area contributed by atoms with Crippen molar-refractivity contribution in [2.75, 3.05) is 39.0 Å². The van der Waals surface area contributed by atoms with E-state index in [4.69, 9.17) is 5.73 Å². The molecule has 5 N–H and O–H groups in total. The zero-order valence-electron chi connectivity index (χ0n) is 22.8. The van der Waals surface area contributed by atoms with Gasteiger partial charge in [0.1, 0.15) is 0 Å². The zero-order chi connectivity index (χ0) is 30.0. The molecule has 0 fully saturated rings. The number of hydrogen-bond acceptors (Lipinski definition) is 7. The molecule has 0 aromatic heterocycles. The number of allylic oxidation sites excluding steroid dienone is 2. The Kier molecular flexibility index (Phi) is 7.95.